The van der Waals surface area contributed by atoms with Crippen molar-refractivity contribution in [3.63, 3.8) is 0 Å². The van der Waals surface area contributed by atoms with Gasteiger partial charge < -0.3 is 9.26 Å². The molecule has 4 rings (SSSR count). The maximum absolute atomic E-state index is 12.7. The van der Waals surface area contributed by atoms with Crippen molar-refractivity contribution in [2.45, 2.75) is 17.2 Å². The molecule has 1 aromatic carbocycles. The van der Waals surface area contributed by atoms with Gasteiger partial charge in [0.05, 0.1) is 19.3 Å². The van der Waals surface area contributed by atoms with Crippen molar-refractivity contribution in [2.75, 3.05) is 13.1 Å². The van der Waals surface area contributed by atoms with Gasteiger partial charge in [-0.25, -0.2) is 8.42 Å². The molecule has 8 heteroatoms. The zero-order valence-electron chi connectivity index (χ0n) is 13.5. The van der Waals surface area contributed by atoms with Crippen molar-refractivity contribution in [1.82, 2.24) is 9.46 Å². The van der Waals surface area contributed by atoms with Crippen LogP contribution in [-0.2, 0) is 10.0 Å². The second kappa shape index (κ2) is 6.29. The molecule has 1 fully saturated rings. The molecule has 1 aliphatic heterocycles. The molecule has 1 aliphatic rings. The first kappa shape index (κ1) is 16.3. The van der Waals surface area contributed by atoms with Gasteiger partial charge in [-0.2, -0.15) is 4.31 Å². The fourth-order valence-electron chi connectivity index (χ4n) is 2.63. The predicted molar refractivity (Wildman–Crippen MR) is 94.2 cm³/mol. The lowest BCUT2D eigenvalue weighted by Gasteiger charge is -2.37. The lowest BCUT2D eigenvalue weighted by atomic mass is 10.2. The number of benzene rings is 1. The van der Waals surface area contributed by atoms with Crippen LogP contribution < -0.4 is 4.74 Å². The minimum Gasteiger partial charge on any atom is -0.488 e. The van der Waals surface area contributed by atoms with Crippen molar-refractivity contribution >= 4 is 21.4 Å². The number of aromatic nitrogens is 1. The summed E-state index contributed by atoms with van der Waals surface area (Å²) in [6, 6.07) is 11.1. The molecule has 2 aromatic heterocycles. The lowest BCUT2D eigenvalue weighted by molar-refractivity contribution is 0.0763. The van der Waals surface area contributed by atoms with Gasteiger partial charge in [0.2, 0.25) is 0 Å². The van der Waals surface area contributed by atoms with E-state index in [1.54, 1.807) is 17.5 Å². The average molecular weight is 376 g/mol. The van der Waals surface area contributed by atoms with Crippen LogP contribution in [0, 0.1) is 6.92 Å². The number of nitrogens with zero attached hydrogens (tertiary/aromatic N) is 2. The van der Waals surface area contributed by atoms with Gasteiger partial charge in [-0.1, -0.05) is 17.3 Å². The maximum Gasteiger partial charge on any atom is 0.252 e. The van der Waals surface area contributed by atoms with Gasteiger partial charge in [0, 0.05) is 17.0 Å². The first-order valence-corrected chi connectivity index (χ1v) is 10.1. The summed E-state index contributed by atoms with van der Waals surface area (Å²) in [7, 11) is -3.50. The second-order valence-electron chi connectivity index (χ2n) is 5.91. The van der Waals surface area contributed by atoms with Crippen molar-refractivity contribution < 1.29 is 17.7 Å². The minimum atomic E-state index is -3.50. The number of thiophene rings is 1. The highest BCUT2D eigenvalue weighted by molar-refractivity contribution is 7.91. The maximum atomic E-state index is 12.7. The summed E-state index contributed by atoms with van der Waals surface area (Å²) in [5.74, 6) is 1.33. The summed E-state index contributed by atoms with van der Waals surface area (Å²) in [6.45, 7) is 2.70. The highest BCUT2D eigenvalue weighted by atomic mass is 32.2. The molecular formula is C17H16N2O4S2. The van der Waals surface area contributed by atoms with Crippen LogP contribution in [0.4, 0.5) is 0 Å². The fraction of sp³-hybridized carbons (Fsp3) is 0.235. The molecule has 25 heavy (non-hydrogen) atoms. The molecule has 0 saturated carbocycles. The molecule has 3 aromatic rings. The third kappa shape index (κ3) is 3.20. The summed E-state index contributed by atoms with van der Waals surface area (Å²) >= 11 is 1.18. The van der Waals surface area contributed by atoms with E-state index in [2.05, 4.69) is 5.16 Å². The largest absolute Gasteiger partial charge is 0.488 e. The molecule has 0 bridgehead atoms. The summed E-state index contributed by atoms with van der Waals surface area (Å²) < 4.78 is 38.0. The Morgan fingerprint density at radius 2 is 2.12 bits per heavy atom. The third-order valence-corrected chi connectivity index (χ3v) is 7.25. The van der Waals surface area contributed by atoms with Gasteiger partial charge in [0.15, 0.2) is 5.76 Å². The molecule has 0 radical (unpaired) electrons. The standard InChI is InChI=1S/C17H16N2O4S2/c1-12-3-2-4-14(7-12)22-15-9-19(10-15)25(20,21)17-8-13(11-24-17)16-5-6-18-23-16/h2-8,11,15H,9-10H2,1H3. The van der Waals surface area contributed by atoms with Crippen LogP contribution in [0.3, 0.4) is 0 Å². The molecule has 1 saturated heterocycles. The minimum absolute atomic E-state index is 0.120. The first-order valence-electron chi connectivity index (χ1n) is 7.75. The van der Waals surface area contributed by atoms with E-state index in [0.717, 1.165) is 11.3 Å². The van der Waals surface area contributed by atoms with E-state index in [4.69, 9.17) is 9.26 Å². The zero-order valence-corrected chi connectivity index (χ0v) is 15.1. The quantitative estimate of drug-likeness (QED) is 0.684. The molecule has 0 unspecified atom stereocenters. The fourth-order valence-corrected chi connectivity index (χ4v) is 5.45. The summed E-state index contributed by atoms with van der Waals surface area (Å²) in [5.41, 5.74) is 1.83. The third-order valence-electron chi connectivity index (χ3n) is 4.00. The van der Waals surface area contributed by atoms with E-state index in [1.807, 2.05) is 31.2 Å². The smallest absolute Gasteiger partial charge is 0.252 e. The van der Waals surface area contributed by atoms with Crippen LogP contribution in [-0.4, -0.2) is 37.1 Å². The van der Waals surface area contributed by atoms with Crippen LogP contribution in [0.2, 0.25) is 0 Å². The molecule has 3 heterocycles. The van der Waals surface area contributed by atoms with Crippen LogP contribution in [0.15, 0.2) is 56.7 Å². The Hall–Kier alpha value is -2.16. The Morgan fingerprint density at radius 1 is 1.28 bits per heavy atom. The number of hydrogen-bond donors (Lipinski definition) is 0. The molecule has 0 N–H and O–H groups in total. The number of rotatable bonds is 5. The predicted octanol–water partition coefficient (Wildman–Crippen LogP) is 3.16. The molecule has 6 nitrogen and oxygen atoms in total. The highest BCUT2D eigenvalue weighted by Gasteiger charge is 2.39. The van der Waals surface area contributed by atoms with Gasteiger partial charge in [-0.15, -0.1) is 11.3 Å². The van der Waals surface area contributed by atoms with E-state index in [1.165, 1.54) is 21.8 Å². The van der Waals surface area contributed by atoms with Crippen LogP contribution in [0.5, 0.6) is 5.75 Å². The van der Waals surface area contributed by atoms with E-state index < -0.39 is 10.0 Å². The van der Waals surface area contributed by atoms with Gasteiger partial charge >= 0.3 is 0 Å². The topological polar surface area (TPSA) is 72.6 Å². The monoisotopic (exact) mass is 376 g/mol. The molecule has 0 aliphatic carbocycles. The summed E-state index contributed by atoms with van der Waals surface area (Å²) in [4.78, 5) is 0. The van der Waals surface area contributed by atoms with Gasteiger partial charge in [0.25, 0.3) is 10.0 Å². The Bertz CT molecular complexity index is 974. The molecular weight excluding hydrogens is 360 g/mol. The van der Waals surface area contributed by atoms with Crippen molar-refractivity contribution in [2.24, 2.45) is 0 Å². The van der Waals surface area contributed by atoms with Crippen molar-refractivity contribution in [3.8, 4) is 17.1 Å². The number of sulfonamides is 1. The van der Waals surface area contributed by atoms with Crippen LogP contribution in [0.1, 0.15) is 5.56 Å². The summed E-state index contributed by atoms with van der Waals surface area (Å²) in [6.07, 6.45) is 1.41. The SMILES string of the molecule is Cc1cccc(OC2CN(S(=O)(=O)c3cc(-c4ccno4)cs3)C2)c1. The van der Waals surface area contributed by atoms with Gasteiger partial charge in [-0.05, 0) is 30.7 Å². The van der Waals surface area contributed by atoms with Crippen molar-refractivity contribution in [3.05, 3.63) is 53.5 Å². The number of hydrogen-bond acceptors (Lipinski definition) is 6. The zero-order chi connectivity index (χ0) is 17.4. The summed E-state index contributed by atoms with van der Waals surface area (Å²) in [5, 5.41) is 5.40. The van der Waals surface area contributed by atoms with Gasteiger partial charge in [-0.3, -0.25) is 0 Å². The molecule has 0 atom stereocenters. The Labute approximate surface area is 149 Å². The van der Waals surface area contributed by atoms with E-state index in [-0.39, 0.29) is 6.10 Å². The van der Waals surface area contributed by atoms with E-state index >= 15 is 0 Å². The average Bonchev–Trinajstić information content (AvgIpc) is 3.20. The molecule has 0 amide bonds. The Balaban J connectivity index is 1.43. The Morgan fingerprint density at radius 3 is 2.84 bits per heavy atom. The second-order valence-corrected chi connectivity index (χ2v) is 8.99. The molecule has 0 spiro atoms. The van der Waals surface area contributed by atoms with Crippen LogP contribution >= 0.6 is 11.3 Å². The lowest BCUT2D eigenvalue weighted by Crippen LogP contribution is -2.55. The van der Waals surface area contributed by atoms with Crippen molar-refractivity contribution in [1.29, 1.82) is 0 Å². The number of ether oxygens (including phenoxy) is 1. The van der Waals surface area contributed by atoms with E-state index in [0.29, 0.717) is 28.6 Å². The normalized spacial score (nSPS) is 15.9. The van der Waals surface area contributed by atoms with E-state index in [9.17, 15) is 8.42 Å². The Kier molecular flexibility index (Phi) is 4.10. The first-order chi connectivity index (χ1) is 12.0. The van der Waals surface area contributed by atoms with Gasteiger partial charge in [0.1, 0.15) is 16.1 Å². The highest BCUT2D eigenvalue weighted by Crippen LogP contribution is 2.32. The number of aryl methyl sites for hydroxylation is 1. The van der Waals surface area contributed by atoms with Crippen LogP contribution in [0.25, 0.3) is 11.3 Å². The molecule has 130 valence electrons.